The van der Waals surface area contributed by atoms with E-state index in [1.165, 1.54) is 23.1 Å². The van der Waals surface area contributed by atoms with Crippen molar-refractivity contribution in [2.45, 2.75) is 17.0 Å². The predicted octanol–water partition coefficient (Wildman–Crippen LogP) is 5.46. The van der Waals surface area contributed by atoms with Crippen LogP contribution in [0.1, 0.15) is 11.1 Å². The van der Waals surface area contributed by atoms with E-state index < -0.39 is 0 Å². The lowest BCUT2D eigenvalue weighted by molar-refractivity contribution is -0.118. The number of benzene rings is 2. The third-order valence-corrected chi connectivity index (χ3v) is 6.08. The van der Waals surface area contributed by atoms with E-state index in [1.807, 2.05) is 37.3 Å². The molecule has 1 N–H and O–H groups in total. The van der Waals surface area contributed by atoms with E-state index in [1.54, 1.807) is 12.1 Å². The minimum Gasteiger partial charge on any atom is -0.483 e. The fourth-order valence-corrected chi connectivity index (χ4v) is 4.44. The molecule has 3 aromatic rings. The van der Waals surface area contributed by atoms with E-state index in [4.69, 9.17) is 27.9 Å². The number of hydrogen-bond acceptors (Lipinski definition) is 6. The average Bonchev–Trinajstić information content (AvgIpc) is 3.07. The van der Waals surface area contributed by atoms with Crippen LogP contribution in [0.25, 0.3) is 0 Å². The quantitative estimate of drug-likeness (QED) is 0.390. The second-order valence-corrected chi connectivity index (χ2v) is 8.54. The van der Waals surface area contributed by atoms with Crippen LogP contribution in [-0.4, -0.2) is 22.7 Å². The summed E-state index contributed by atoms with van der Waals surface area (Å²) in [4.78, 5) is 12.0. The van der Waals surface area contributed by atoms with Crippen molar-refractivity contribution in [2.75, 3.05) is 11.9 Å². The van der Waals surface area contributed by atoms with Crippen LogP contribution in [0, 0.1) is 6.92 Å². The summed E-state index contributed by atoms with van der Waals surface area (Å²) in [7, 11) is 0. The van der Waals surface area contributed by atoms with Crippen LogP contribution in [0.5, 0.6) is 5.75 Å². The zero-order valence-corrected chi connectivity index (χ0v) is 17.4. The highest BCUT2D eigenvalue weighted by Crippen LogP contribution is 2.31. The van der Waals surface area contributed by atoms with E-state index in [2.05, 4.69) is 15.5 Å². The van der Waals surface area contributed by atoms with Crippen molar-refractivity contribution in [1.29, 1.82) is 0 Å². The van der Waals surface area contributed by atoms with Gasteiger partial charge >= 0.3 is 0 Å². The number of anilines is 1. The van der Waals surface area contributed by atoms with Gasteiger partial charge in [0.2, 0.25) is 5.13 Å². The number of ether oxygens (including phenoxy) is 1. The smallest absolute Gasteiger partial charge is 0.264 e. The maximum atomic E-state index is 12.0. The van der Waals surface area contributed by atoms with E-state index in [9.17, 15) is 4.79 Å². The largest absolute Gasteiger partial charge is 0.483 e. The van der Waals surface area contributed by atoms with E-state index in [0.29, 0.717) is 26.7 Å². The van der Waals surface area contributed by atoms with Gasteiger partial charge in [-0.25, -0.2) is 0 Å². The zero-order valence-electron chi connectivity index (χ0n) is 14.2. The SMILES string of the molecule is Cc1ccccc1OCC(=O)Nc1nnc(SCc2ccc(Cl)cc2Cl)s1. The molecule has 5 nitrogen and oxygen atoms in total. The number of nitrogens with zero attached hydrogens (tertiary/aromatic N) is 2. The highest BCUT2D eigenvalue weighted by atomic mass is 35.5. The Morgan fingerprint density at radius 3 is 2.81 bits per heavy atom. The van der Waals surface area contributed by atoms with Crippen molar-refractivity contribution in [2.24, 2.45) is 0 Å². The van der Waals surface area contributed by atoms with Crippen molar-refractivity contribution < 1.29 is 9.53 Å². The molecule has 27 heavy (non-hydrogen) atoms. The molecule has 2 aromatic carbocycles. The number of aromatic nitrogens is 2. The molecule has 0 fully saturated rings. The zero-order chi connectivity index (χ0) is 19.2. The minimum atomic E-state index is -0.285. The number of hydrogen-bond donors (Lipinski definition) is 1. The number of nitrogens with one attached hydrogen (secondary N) is 1. The van der Waals surface area contributed by atoms with Crippen molar-refractivity contribution in [1.82, 2.24) is 10.2 Å². The van der Waals surface area contributed by atoms with Crippen LogP contribution in [-0.2, 0) is 10.5 Å². The molecule has 0 saturated heterocycles. The highest BCUT2D eigenvalue weighted by Gasteiger charge is 2.11. The summed E-state index contributed by atoms with van der Waals surface area (Å²) < 4.78 is 6.25. The molecule has 1 heterocycles. The molecule has 1 amide bonds. The lowest BCUT2D eigenvalue weighted by Crippen LogP contribution is -2.20. The monoisotopic (exact) mass is 439 g/mol. The van der Waals surface area contributed by atoms with Crippen molar-refractivity contribution in [3.05, 3.63) is 63.6 Å². The molecule has 0 unspecified atom stereocenters. The lowest BCUT2D eigenvalue weighted by atomic mass is 10.2. The maximum absolute atomic E-state index is 12.0. The number of halogens is 2. The van der Waals surface area contributed by atoms with Crippen molar-refractivity contribution >= 4 is 57.3 Å². The Bertz CT molecular complexity index is 950. The van der Waals surface area contributed by atoms with Crippen LogP contribution in [0.15, 0.2) is 46.8 Å². The third kappa shape index (κ3) is 5.84. The number of para-hydroxylation sites is 1. The predicted molar refractivity (Wildman–Crippen MR) is 111 cm³/mol. The Kier molecular flexibility index (Phi) is 6.95. The first-order valence-electron chi connectivity index (χ1n) is 7.90. The number of aryl methyl sites for hydroxylation is 1. The highest BCUT2D eigenvalue weighted by molar-refractivity contribution is 8.00. The van der Waals surface area contributed by atoms with Gasteiger partial charge in [-0.1, -0.05) is 70.6 Å². The minimum absolute atomic E-state index is 0.0900. The normalized spacial score (nSPS) is 10.6. The van der Waals surface area contributed by atoms with Crippen molar-refractivity contribution in [3.63, 3.8) is 0 Å². The molecule has 0 bridgehead atoms. The maximum Gasteiger partial charge on any atom is 0.264 e. The molecule has 1 aromatic heterocycles. The van der Waals surface area contributed by atoms with Crippen LogP contribution >= 0.6 is 46.3 Å². The van der Waals surface area contributed by atoms with Gasteiger partial charge < -0.3 is 4.74 Å². The molecular formula is C18H15Cl2N3O2S2. The molecule has 0 spiro atoms. The summed E-state index contributed by atoms with van der Waals surface area (Å²) in [6.07, 6.45) is 0. The average molecular weight is 440 g/mol. The van der Waals surface area contributed by atoms with E-state index >= 15 is 0 Å². The van der Waals surface area contributed by atoms with Gasteiger partial charge in [0.15, 0.2) is 10.9 Å². The van der Waals surface area contributed by atoms with Gasteiger partial charge in [0.1, 0.15) is 5.75 Å². The summed E-state index contributed by atoms with van der Waals surface area (Å²) in [6.45, 7) is 1.84. The van der Waals surface area contributed by atoms with Crippen LogP contribution in [0.3, 0.4) is 0 Å². The van der Waals surface area contributed by atoms with Crippen LogP contribution in [0.2, 0.25) is 10.0 Å². The third-order valence-electron chi connectivity index (χ3n) is 3.47. The van der Waals surface area contributed by atoms with Gasteiger partial charge in [-0.15, -0.1) is 10.2 Å². The van der Waals surface area contributed by atoms with Gasteiger partial charge in [0, 0.05) is 15.8 Å². The molecule has 140 valence electrons. The number of amides is 1. The topological polar surface area (TPSA) is 64.1 Å². The first-order chi connectivity index (χ1) is 13.0. The Morgan fingerprint density at radius 1 is 1.22 bits per heavy atom. The lowest BCUT2D eigenvalue weighted by Gasteiger charge is -2.07. The molecule has 3 rings (SSSR count). The Balaban J connectivity index is 1.50. The van der Waals surface area contributed by atoms with E-state index in [0.717, 1.165) is 15.5 Å². The summed E-state index contributed by atoms with van der Waals surface area (Å²) in [5.41, 5.74) is 1.93. The Labute approximate surface area is 175 Å². The summed E-state index contributed by atoms with van der Waals surface area (Å²) >= 11 is 14.8. The molecule has 0 aliphatic rings. The number of rotatable bonds is 7. The summed E-state index contributed by atoms with van der Waals surface area (Å²) in [6, 6.07) is 12.9. The van der Waals surface area contributed by atoms with Crippen LogP contribution in [0.4, 0.5) is 5.13 Å². The molecule has 9 heteroatoms. The second-order valence-electron chi connectivity index (χ2n) is 5.50. The molecule has 0 saturated carbocycles. The molecule has 0 aliphatic carbocycles. The molecule has 0 aliphatic heterocycles. The number of thioether (sulfide) groups is 1. The van der Waals surface area contributed by atoms with E-state index in [-0.39, 0.29) is 12.5 Å². The molecular weight excluding hydrogens is 425 g/mol. The Morgan fingerprint density at radius 2 is 2.04 bits per heavy atom. The fraction of sp³-hybridized carbons (Fsp3) is 0.167. The van der Waals surface area contributed by atoms with Crippen LogP contribution < -0.4 is 10.1 Å². The summed E-state index contributed by atoms with van der Waals surface area (Å²) in [5.74, 6) is 1.03. The van der Waals surface area contributed by atoms with Gasteiger partial charge in [-0.3, -0.25) is 10.1 Å². The first kappa shape index (κ1) is 19.9. The molecule has 0 radical (unpaired) electrons. The number of carbonyl (C=O) groups excluding carboxylic acids is 1. The second kappa shape index (κ2) is 9.41. The summed E-state index contributed by atoms with van der Waals surface area (Å²) in [5, 5.41) is 12.4. The number of carbonyl (C=O) groups is 1. The Hall–Kier alpha value is -1.80. The standard InChI is InChI=1S/C18H15Cl2N3O2S2/c1-11-4-2-3-5-15(11)25-9-16(24)21-17-22-23-18(27-17)26-10-12-6-7-13(19)8-14(12)20/h2-8H,9-10H2,1H3,(H,21,22,24). The van der Waals surface area contributed by atoms with Gasteiger partial charge in [-0.2, -0.15) is 0 Å². The van der Waals surface area contributed by atoms with Gasteiger partial charge in [0.25, 0.3) is 5.91 Å². The van der Waals surface area contributed by atoms with Gasteiger partial charge in [-0.05, 0) is 36.2 Å². The fourth-order valence-electron chi connectivity index (χ4n) is 2.11. The van der Waals surface area contributed by atoms with Gasteiger partial charge in [0.05, 0.1) is 0 Å². The molecule has 0 atom stereocenters. The first-order valence-corrected chi connectivity index (χ1v) is 10.5. The van der Waals surface area contributed by atoms with Crippen molar-refractivity contribution in [3.8, 4) is 5.75 Å².